The molecule has 0 amide bonds. The van der Waals surface area contributed by atoms with E-state index >= 15 is 0 Å². The van der Waals surface area contributed by atoms with Crippen molar-refractivity contribution in [2.45, 2.75) is 9.79 Å². The van der Waals surface area contributed by atoms with E-state index in [2.05, 4.69) is 39.1 Å². The fourth-order valence-electron chi connectivity index (χ4n) is 4.61. The first-order chi connectivity index (χ1) is 27.4. The highest BCUT2D eigenvalue weighted by atomic mass is 32.3. The summed E-state index contributed by atoms with van der Waals surface area (Å²) < 4.78 is 120. The van der Waals surface area contributed by atoms with Crippen molar-refractivity contribution in [2.75, 3.05) is 41.9 Å². The van der Waals surface area contributed by atoms with Gasteiger partial charge in [-0.2, -0.15) is 27.1 Å². The molecule has 0 saturated heterocycles. The normalized spacial score (nSPS) is 12.8. The van der Waals surface area contributed by atoms with Gasteiger partial charge < -0.3 is 27.4 Å². The number of aromatic carboxylic acids is 2. The van der Waals surface area contributed by atoms with Crippen molar-refractivity contribution >= 4 is 104 Å². The van der Waals surface area contributed by atoms with Crippen LogP contribution in [0.25, 0.3) is 0 Å². The quantitative estimate of drug-likeness (QED) is 0.0416. The molecule has 4 rings (SSSR count). The number of nitrogens with zero attached hydrogens (tertiary/aromatic N) is 6. The number of nitrogens with two attached hydrogens (primary N) is 3. The summed E-state index contributed by atoms with van der Waals surface area (Å²) >= 11 is 0. The number of rotatable bonds is 18. The molecule has 4 aromatic rings. The number of azo groups is 3. The molecule has 0 radical (unpaired) electrons. The SMILES string of the molecule is Nc1ccc(N=Nc2c(N)c(N=Nc3cccc(S(=O)(=O)CCOS(=O)(=O)O)c3)c(N)c(N=Nc3cccc(S(=O)(=O)CCOS(=O)(=O)O)c3)c2C(=O)O)c(C(=O)O)c1. The van der Waals surface area contributed by atoms with Gasteiger partial charge in [0.25, 0.3) is 0 Å². The molecule has 4 aromatic carbocycles. The van der Waals surface area contributed by atoms with Gasteiger partial charge in [-0.15, -0.1) is 20.5 Å². The Balaban J connectivity index is 1.88. The standard InChI is InChI=1S/C30H29N9O16S4/c31-16-7-8-22(21(13-16)29(40)41)36-38-27-23(30(42)43)26(37-34-17-3-1-5-19(14-17)56(44,45)11-9-54-58(48,49)50)24(32)28(25(27)33)39-35-18-4-2-6-20(15-18)57(46,47)12-10-55-59(51,52)53/h1-8,13-15H,9-12,31-33H2,(H,40,41)(H,42,43)(H,48,49,50)(H,51,52,53). The minimum Gasteiger partial charge on any atom is -0.478 e. The van der Waals surface area contributed by atoms with Crippen LogP contribution in [0.3, 0.4) is 0 Å². The third-order valence-corrected chi connectivity index (χ3v) is 11.6. The van der Waals surface area contributed by atoms with Crippen LogP contribution in [0.4, 0.5) is 51.2 Å². The fourth-order valence-corrected chi connectivity index (χ4v) is 7.66. The van der Waals surface area contributed by atoms with Crippen molar-refractivity contribution in [2.24, 2.45) is 30.7 Å². The minimum absolute atomic E-state index is 0.0385. The number of carbonyl (C=O) groups is 2. The Morgan fingerprint density at radius 1 is 0.559 bits per heavy atom. The maximum absolute atomic E-state index is 12.8. The average molecular weight is 900 g/mol. The molecule has 0 unspecified atom stereocenters. The second-order valence-corrected chi connectivity index (χ2v) is 17.8. The molecule has 0 aliphatic heterocycles. The van der Waals surface area contributed by atoms with Gasteiger partial charge >= 0.3 is 32.7 Å². The first-order valence-corrected chi connectivity index (χ1v) is 21.7. The Kier molecular flexibility index (Phi) is 13.9. The van der Waals surface area contributed by atoms with Gasteiger partial charge in [-0.05, 0) is 54.6 Å². The molecule has 29 heteroatoms. The third-order valence-electron chi connectivity index (χ3n) is 7.27. The first-order valence-electron chi connectivity index (χ1n) is 15.6. The highest BCUT2D eigenvalue weighted by molar-refractivity contribution is 7.91. The largest absolute Gasteiger partial charge is 0.478 e. The topological polar surface area (TPSA) is 422 Å². The molecule has 10 N–H and O–H groups in total. The van der Waals surface area contributed by atoms with Crippen molar-refractivity contribution in [1.29, 1.82) is 0 Å². The van der Waals surface area contributed by atoms with Crippen LogP contribution in [-0.4, -0.2) is 89.6 Å². The van der Waals surface area contributed by atoms with Gasteiger partial charge in [0.2, 0.25) is 0 Å². The highest BCUT2D eigenvalue weighted by Gasteiger charge is 2.27. The lowest BCUT2D eigenvalue weighted by molar-refractivity contribution is 0.0687. The molecular formula is C30H29N9O16S4. The van der Waals surface area contributed by atoms with Crippen LogP contribution in [0.2, 0.25) is 0 Å². The molecule has 0 bridgehead atoms. The van der Waals surface area contributed by atoms with Crippen LogP contribution < -0.4 is 17.2 Å². The van der Waals surface area contributed by atoms with Gasteiger partial charge in [0.15, 0.2) is 19.7 Å². The van der Waals surface area contributed by atoms with Gasteiger partial charge in [0.1, 0.15) is 28.3 Å². The lowest BCUT2D eigenvalue weighted by Crippen LogP contribution is -2.15. The zero-order chi connectivity index (χ0) is 43.9. The molecule has 59 heavy (non-hydrogen) atoms. The minimum atomic E-state index is -4.94. The number of carboxylic acids is 2. The Bertz CT molecular complexity index is 2870. The number of benzene rings is 4. The summed E-state index contributed by atoms with van der Waals surface area (Å²) in [4.78, 5) is 23.8. The Labute approximate surface area is 333 Å². The lowest BCUT2D eigenvalue weighted by atomic mass is 10.1. The molecule has 314 valence electrons. The molecule has 0 aromatic heterocycles. The summed E-state index contributed by atoms with van der Waals surface area (Å²) in [6, 6.07) is 12.6. The summed E-state index contributed by atoms with van der Waals surface area (Å²) in [6.45, 7) is -1.87. The molecule has 0 fully saturated rings. The van der Waals surface area contributed by atoms with E-state index in [-0.39, 0.29) is 22.7 Å². The van der Waals surface area contributed by atoms with Crippen molar-refractivity contribution in [1.82, 2.24) is 0 Å². The number of sulfone groups is 2. The van der Waals surface area contributed by atoms with Crippen molar-refractivity contribution < 1.29 is 70.9 Å². The van der Waals surface area contributed by atoms with Gasteiger partial charge in [0.05, 0.1) is 62.8 Å². The van der Waals surface area contributed by atoms with Gasteiger partial charge in [-0.3, -0.25) is 9.11 Å². The summed E-state index contributed by atoms with van der Waals surface area (Å²) in [5, 5.41) is 43.4. The zero-order valence-corrected chi connectivity index (χ0v) is 32.7. The predicted octanol–water partition coefficient (Wildman–Crippen LogP) is 4.26. The Morgan fingerprint density at radius 2 is 1.00 bits per heavy atom. The number of carboxylic acid groups (broad SMARTS) is 2. The average Bonchev–Trinajstić information content (AvgIpc) is 3.13. The molecule has 0 spiro atoms. The van der Waals surface area contributed by atoms with E-state index in [1.807, 2.05) is 0 Å². The van der Waals surface area contributed by atoms with Gasteiger partial charge in [0, 0.05) is 5.69 Å². The highest BCUT2D eigenvalue weighted by Crippen LogP contribution is 2.49. The van der Waals surface area contributed by atoms with E-state index in [9.17, 15) is 53.5 Å². The van der Waals surface area contributed by atoms with Crippen LogP contribution in [0.5, 0.6) is 0 Å². The van der Waals surface area contributed by atoms with Crippen LogP contribution in [0.1, 0.15) is 20.7 Å². The van der Waals surface area contributed by atoms with E-state index in [4.69, 9.17) is 26.3 Å². The maximum Gasteiger partial charge on any atom is 0.397 e. The summed E-state index contributed by atoms with van der Waals surface area (Å²) in [5.74, 6) is -5.05. The fraction of sp³-hybridized carbons (Fsp3) is 0.133. The second kappa shape index (κ2) is 18.1. The second-order valence-electron chi connectivity index (χ2n) is 11.4. The molecule has 0 aliphatic rings. The number of hydrogen-bond acceptors (Lipinski definition) is 21. The summed E-state index contributed by atoms with van der Waals surface area (Å²) in [7, 11) is -18.4. The van der Waals surface area contributed by atoms with Gasteiger partial charge in [-0.1, -0.05) is 12.1 Å². The van der Waals surface area contributed by atoms with Crippen molar-refractivity contribution in [3.8, 4) is 0 Å². The number of hydrogen-bond donors (Lipinski definition) is 7. The third kappa shape index (κ3) is 12.3. The van der Waals surface area contributed by atoms with Crippen LogP contribution in [-0.2, 0) is 48.8 Å². The summed E-state index contributed by atoms with van der Waals surface area (Å²) in [5.41, 5.74) is 13.1. The number of anilines is 3. The Hall–Kier alpha value is -6.34. The first kappa shape index (κ1) is 45.4. The molecular weight excluding hydrogens is 871 g/mol. The predicted molar refractivity (Wildman–Crippen MR) is 205 cm³/mol. The van der Waals surface area contributed by atoms with Crippen molar-refractivity contribution in [3.63, 3.8) is 0 Å². The van der Waals surface area contributed by atoms with E-state index in [0.717, 1.165) is 36.4 Å². The smallest absolute Gasteiger partial charge is 0.397 e. The van der Waals surface area contributed by atoms with Crippen LogP contribution in [0.15, 0.2) is 107 Å². The number of nitrogen functional groups attached to an aromatic ring is 3. The van der Waals surface area contributed by atoms with E-state index in [1.54, 1.807) is 0 Å². The zero-order valence-electron chi connectivity index (χ0n) is 29.4. The Morgan fingerprint density at radius 3 is 1.42 bits per heavy atom. The molecule has 0 saturated carbocycles. The van der Waals surface area contributed by atoms with E-state index in [1.165, 1.54) is 30.3 Å². The molecule has 25 nitrogen and oxygen atoms in total. The van der Waals surface area contributed by atoms with E-state index < -0.39 is 126 Å². The molecule has 0 heterocycles. The van der Waals surface area contributed by atoms with E-state index in [0.29, 0.717) is 0 Å². The lowest BCUT2D eigenvalue weighted by Gasteiger charge is -2.13. The molecule has 0 aliphatic carbocycles. The van der Waals surface area contributed by atoms with Crippen LogP contribution in [0, 0.1) is 0 Å². The maximum atomic E-state index is 12.8. The van der Waals surface area contributed by atoms with Crippen LogP contribution >= 0.6 is 0 Å². The monoisotopic (exact) mass is 899 g/mol. The van der Waals surface area contributed by atoms with Crippen molar-refractivity contribution in [3.05, 3.63) is 77.9 Å². The van der Waals surface area contributed by atoms with Gasteiger partial charge in [-0.25, -0.2) is 34.8 Å². The molecule has 0 atom stereocenters. The summed E-state index contributed by atoms with van der Waals surface area (Å²) in [6.07, 6.45) is 0.